The molecule has 2 heterocycles. The molecule has 102 valence electrons. The van der Waals surface area contributed by atoms with E-state index in [0.717, 1.165) is 0 Å². The monoisotopic (exact) mass is 324 g/mol. The average molecular weight is 325 g/mol. The molecule has 1 atom stereocenters. The van der Waals surface area contributed by atoms with E-state index in [2.05, 4.69) is 41.7 Å². The molecule has 0 aliphatic carbocycles. The first-order chi connectivity index (χ1) is 8.80. The molecule has 4 nitrogen and oxygen atoms in total. The minimum atomic E-state index is -0.267. The van der Waals surface area contributed by atoms with Crippen LogP contribution in [-0.2, 0) is 4.79 Å². The SMILES string of the molecule is CC(C)(C)C1CC(=O)N(C(=O)c2cccnc2Br)C1. The zero-order valence-corrected chi connectivity index (χ0v) is 12.9. The van der Waals surface area contributed by atoms with Crippen LogP contribution >= 0.6 is 15.9 Å². The number of hydrogen-bond acceptors (Lipinski definition) is 3. The maximum atomic E-state index is 12.4. The van der Waals surface area contributed by atoms with Crippen LogP contribution in [0.4, 0.5) is 0 Å². The Hall–Kier alpha value is -1.23. The van der Waals surface area contributed by atoms with Gasteiger partial charge in [-0.3, -0.25) is 14.5 Å². The summed E-state index contributed by atoms with van der Waals surface area (Å²) in [6.45, 7) is 6.78. The fourth-order valence-electron chi connectivity index (χ4n) is 2.17. The zero-order valence-electron chi connectivity index (χ0n) is 11.3. The normalized spacial score (nSPS) is 19.9. The number of rotatable bonds is 1. The number of amides is 2. The van der Waals surface area contributed by atoms with E-state index in [0.29, 0.717) is 23.1 Å². The van der Waals surface area contributed by atoms with E-state index in [4.69, 9.17) is 0 Å². The van der Waals surface area contributed by atoms with Crippen molar-refractivity contribution in [1.82, 2.24) is 9.88 Å². The summed E-state index contributed by atoms with van der Waals surface area (Å²) in [6, 6.07) is 3.37. The number of likely N-dealkylation sites (tertiary alicyclic amines) is 1. The van der Waals surface area contributed by atoms with Crippen molar-refractivity contribution in [2.45, 2.75) is 27.2 Å². The molecule has 0 N–H and O–H groups in total. The van der Waals surface area contributed by atoms with Gasteiger partial charge >= 0.3 is 0 Å². The van der Waals surface area contributed by atoms with Crippen molar-refractivity contribution in [2.75, 3.05) is 6.54 Å². The topological polar surface area (TPSA) is 50.3 Å². The highest BCUT2D eigenvalue weighted by atomic mass is 79.9. The molecule has 2 rings (SSSR count). The molecule has 0 radical (unpaired) electrons. The fourth-order valence-corrected chi connectivity index (χ4v) is 2.59. The average Bonchev–Trinajstić information content (AvgIpc) is 2.71. The molecule has 0 saturated carbocycles. The van der Waals surface area contributed by atoms with E-state index < -0.39 is 0 Å². The maximum Gasteiger partial charge on any atom is 0.263 e. The third-order valence-corrected chi connectivity index (χ3v) is 4.22. The number of pyridine rings is 1. The number of imide groups is 1. The molecule has 1 saturated heterocycles. The van der Waals surface area contributed by atoms with Crippen LogP contribution in [0.2, 0.25) is 0 Å². The van der Waals surface area contributed by atoms with Crippen molar-refractivity contribution in [1.29, 1.82) is 0 Å². The van der Waals surface area contributed by atoms with Gasteiger partial charge in [0, 0.05) is 19.2 Å². The third kappa shape index (κ3) is 2.86. The van der Waals surface area contributed by atoms with Crippen LogP contribution in [0.25, 0.3) is 0 Å². The molecule has 0 bridgehead atoms. The number of carbonyl (C=O) groups is 2. The lowest BCUT2D eigenvalue weighted by Gasteiger charge is -2.26. The van der Waals surface area contributed by atoms with Crippen molar-refractivity contribution in [3.05, 3.63) is 28.5 Å². The summed E-state index contributed by atoms with van der Waals surface area (Å²) in [5.41, 5.74) is 0.460. The molecule has 1 aromatic heterocycles. The Morgan fingerprint density at radius 2 is 2.16 bits per heavy atom. The van der Waals surface area contributed by atoms with Crippen molar-refractivity contribution in [3.63, 3.8) is 0 Å². The number of aromatic nitrogens is 1. The predicted octanol–water partition coefficient (Wildman–Crippen LogP) is 2.88. The quantitative estimate of drug-likeness (QED) is 0.589. The van der Waals surface area contributed by atoms with Gasteiger partial charge in [-0.15, -0.1) is 0 Å². The summed E-state index contributed by atoms with van der Waals surface area (Å²) in [5.74, 6) is -0.156. The van der Waals surface area contributed by atoms with Gasteiger partial charge < -0.3 is 0 Å². The van der Waals surface area contributed by atoms with Crippen molar-refractivity contribution < 1.29 is 9.59 Å². The number of nitrogens with zero attached hydrogens (tertiary/aromatic N) is 2. The maximum absolute atomic E-state index is 12.4. The van der Waals surface area contributed by atoms with Crippen LogP contribution < -0.4 is 0 Å². The smallest absolute Gasteiger partial charge is 0.263 e. The fraction of sp³-hybridized carbons (Fsp3) is 0.500. The van der Waals surface area contributed by atoms with Gasteiger partial charge in [-0.25, -0.2) is 4.98 Å². The first kappa shape index (κ1) is 14.2. The van der Waals surface area contributed by atoms with E-state index in [1.54, 1.807) is 18.3 Å². The summed E-state index contributed by atoms with van der Waals surface area (Å²) >= 11 is 3.25. The Morgan fingerprint density at radius 1 is 1.47 bits per heavy atom. The van der Waals surface area contributed by atoms with E-state index >= 15 is 0 Å². The minimum absolute atomic E-state index is 0.0247. The molecule has 1 fully saturated rings. The van der Waals surface area contributed by atoms with E-state index in [9.17, 15) is 9.59 Å². The summed E-state index contributed by atoms with van der Waals surface area (Å²) in [4.78, 5) is 29.8. The molecule has 5 heteroatoms. The summed E-state index contributed by atoms with van der Waals surface area (Å²) in [6.07, 6.45) is 2.04. The van der Waals surface area contributed by atoms with Crippen molar-refractivity contribution in [3.8, 4) is 0 Å². The lowest BCUT2D eigenvalue weighted by molar-refractivity contribution is -0.125. The first-order valence-corrected chi connectivity index (χ1v) is 7.05. The Bertz CT molecular complexity index is 522. The highest BCUT2D eigenvalue weighted by Gasteiger charge is 2.40. The van der Waals surface area contributed by atoms with Crippen LogP contribution in [0.1, 0.15) is 37.6 Å². The highest BCUT2D eigenvalue weighted by molar-refractivity contribution is 9.10. The van der Waals surface area contributed by atoms with Gasteiger partial charge in [0.2, 0.25) is 5.91 Å². The number of carbonyl (C=O) groups excluding carboxylic acids is 2. The van der Waals surface area contributed by atoms with Gasteiger partial charge in [0.25, 0.3) is 5.91 Å². The molecule has 19 heavy (non-hydrogen) atoms. The molecule has 1 aliphatic rings. The number of halogens is 1. The highest BCUT2D eigenvalue weighted by Crippen LogP contribution is 2.35. The van der Waals surface area contributed by atoms with Gasteiger partial charge in [0.15, 0.2) is 0 Å². The van der Waals surface area contributed by atoms with Crippen molar-refractivity contribution >= 4 is 27.7 Å². The second kappa shape index (κ2) is 5.04. The molecular weight excluding hydrogens is 308 g/mol. The molecule has 1 unspecified atom stereocenters. The third-order valence-electron chi connectivity index (χ3n) is 3.58. The zero-order chi connectivity index (χ0) is 14.2. The standard InChI is InChI=1S/C14H17BrN2O2/c1-14(2,3)9-7-11(18)17(8-9)13(19)10-5-4-6-16-12(10)15/h4-6,9H,7-8H2,1-3H3. The Labute approximate surface area is 121 Å². The van der Waals surface area contributed by atoms with Crippen molar-refractivity contribution in [2.24, 2.45) is 11.3 Å². The number of hydrogen-bond donors (Lipinski definition) is 0. The van der Waals surface area contributed by atoms with Crippen LogP contribution in [0.5, 0.6) is 0 Å². The van der Waals surface area contributed by atoms with Crippen LogP contribution in [0.15, 0.2) is 22.9 Å². The van der Waals surface area contributed by atoms with E-state index in [1.165, 1.54) is 4.90 Å². The molecule has 1 aliphatic heterocycles. The lowest BCUT2D eigenvalue weighted by Crippen LogP contribution is -2.34. The van der Waals surface area contributed by atoms with E-state index in [-0.39, 0.29) is 23.1 Å². The molecule has 0 spiro atoms. The second-order valence-corrected chi connectivity index (χ2v) is 6.67. The summed E-state index contributed by atoms with van der Waals surface area (Å²) in [5, 5.41) is 0. The predicted molar refractivity (Wildman–Crippen MR) is 75.5 cm³/mol. The van der Waals surface area contributed by atoms with Crippen LogP contribution in [0.3, 0.4) is 0 Å². The van der Waals surface area contributed by atoms with Gasteiger partial charge in [-0.1, -0.05) is 20.8 Å². The molecular formula is C14H17BrN2O2. The minimum Gasteiger partial charge on any atom is -0.278 e. The molecule has 2 amide bonds. The summed E-state index contributed by atoms with van der Waals surface area (Å²) < 4.78 is 0.479. The lowest BCUT2D eigenvalue weighted by atomic mass is 9.80. The van der Waals surface area contributed by atoms with Gasteiger partial charge in [0.1, 0.15) is 4.60 Å². The van der Waals surface area contributed by atoms with Crippen LogP contribution in [-0.4, -0.2) is 28.2 Å². The van der Waals surface area contributed by atoms with Gasteiger partial charge in [0.05, 0.1) is 5.56 Å². The first-order valence-electron chi connectivity index (χ1n) is 6.26. The van der Waals surface area contributed by atoms with Crippen LogP contribution in [0, 0.1) is 11.3 Å². The Morgan fingerprint density at radius 3 is 2.68 bits per heavy atom. The molecule has 1 aromatic rings. The molecule has 0 aromatic carbocycles. The van der Waals surface area contributed by atoms with Gasteiger partial charge in [-0.2, -0.15) is 0 Å². The summed E-state index contributed by atoms with van der Waals surface area (Å²) in [7, 11) is 0. The second-order valence-electron chi connectivity index (χ2n) is 5.92. The largest absolute Gasteiger partial charge is 0.278 e. The van der Waals surface area contributed by atoms with E-state index in [1.807, 2.05) is 0 Å². The van der Waals surface area contributed by atoms with Gasteiger partial charge in [-0.05, 0) is 39.4 Å². The Balaban J connectivity index is 2.22. The Kier molecular flexibility index (Phi) is 3.76.